The molecule has 0 saturated carbocycles. The van der Waals surface area contributed by atoms with Crippen molar-refractivity contribution in [2.45, 2.75) is 6.92 Å². The van der Waals surface area contributed by atoms with Crippen LogP contribution in [0.1, 0.15) is 12.5 Å². The number of methoxy groups -OCH3 is 1. The van der Waals surface area contributed by atoms with E-state index >= 15 is 0 Å². The molecule has 0 aliphatic heterocycles. The number of rotatable bonds is 5. The average molecular weight is 250 g/mol. The molecule has 96 valence electrons. The second kappa shape index (κ2) is 6.39. The molecule has 6 heteroatoms. The number of benzene rings is 1. The van der Waals surface area contributed by atoms with Gasteiger partial charge >= 0.3 is 0 Å². The molecular formula is C12H14N2O4. The van der Waals surface area contributed by atoms with Crippen LogP contribution in [0, 0.1) is 10.1 Å². The molecule has 0 unspecified atom stereocenters. The quantitative estimate of drug-likeness (QED) is 0.637. The van der Waals surface area contributed by atoms with Crippen molar-refractivity contribution in [2.75, 3.05) is 13.7 Å². The van der Waals surface area contributed by atoms with Crippen LogP contribution in [0.5, 0.6) is 5.75 Å². The van der Waals surface area contributed by atoms with Crippen molar-refractivity contribution in [3.63, 3.8) is 0 Å². The number of nitro benzene ring substituents is 1. The molecule has 0 aromatic heterocycles. The van der Waals surface area contributed by atoms with Crippen LogP contribution < -0.4 is 10.1 Å². The third kappa shape index (κ3) is 3.89. The van der Waals surface area contributed by atoms with Crippen LogP contribution in [0.15, 0.2) is 24.3 Å². The van der Waals surface area contributed by atoms with Crippen molar-refractivity contribution < 1.29 is 14.5 Å². The Balaban J connectivity index is 2.90. The Labute approximate surface area is 104 Å². The second-order valence-electron chi connectivity index (χ2n) is 3.52. The lowest BCUT2D eigenvalue weighted by atomic mass is 10.1. The minimum absolute atomic E-state index is 0.00475. The summed E-state index contributed by atoms with van der Waals surface area (Å²) in [4.78, 5) is 21.0. The smallest absolute Gasteiger partial charge is 0.276 e. The molecule has 0 atom stereocenters. The van der Waals surface area contributed by atoms with Crippen LogP contribution in [0.25, 0.3) is 6.08 Å². The monoisotopic (exact) mass is 250 g/mol. The van der Waals surface area contributed by atoms with Gasteiger partial charge in [0.15, 0.2) is 0 Å². The first-order chi connectivity index (χ1) is 8.54. The summed E-state index contributed by atoms with van der Waals surface area (Å²) in [6.45, 7) is 1.73. The number of nitrogens with one attached hydrogen (secondary N) is 1. The highest BCUT2D eigenvalue weighted by Crippen LogP contribution is 2.24. The number of hydrogen-bond donors (Lipinski definition) is 1. The molecule has 0 fully saturated rings. The highest BCUT2D eigenvalue weighted by atomic mass is 16.6. The lowest BCUT2D eigenvalue weighted by Crippen LogP contribution is -2.19. The average Bonchev–Trinajstić information content (AvgIpc) is 2.33. The van der Waals surface area contributed by atoms with Gasteiger partial charge in [0.05, 0.1) is 17.6 Å². The molecule has 1 rings (SSSR count). The zero-order chi connectivity index (χ0) is 13.5. The molecule has 0 aliphatic carbocycles. The Kier molecular flexibility index (Phi) is 4.86. The molecule has 1 aromatic rings. The number of amides is 1. The molecule has 0 radical (unpaired) electrons. The first-order valence-electron chi connectivity index (χ1n) is 5.28. The van der Waals surface area contributed by atoms with E-state index in [2.05, 4.69) is 5.32 Å². The van der Waals surface area contributed by atoms with E-state index in [1.165, 1.54) is 26.2 Å². The van der Waals surface area contributed by atoms with Gasteiger partial charge in [0, 0.05) is 19.5 Å². The Hall–Kier alpha value is -2.37. The van der Waals surface area contributed by atoms with Gasteiger partial charge in [-0.25, -0.2) is 0 Å². The lowest BCUT2D eigenvalue weighted by molar-refractivity contribution is -0.385. The van der Waals surface area contributed by atoms with Gasteiger partial charge in [0.2, 0.25) is 5.91 Å². The lowest BCUT2D eigenvalue weighted by Gasteiger charge is -2.02. The van der Waals surface area contributed by atoms with E-state index < -0.39 is 4.92 Å². The number of carbonyl (C=O) groups excluding carboxylic acids is 1. The maximum atomic E-state index is 10.8. The minimum Gasteiger partial charge on any atom is -0.497 e. The zero-order valence-electron chi connectivity index (χ0n) is 10.2. The molecule has 0 aliphatic rings. The number of carbonyl (C=O) groups is 1. The largest absolute Gasteiger partial charge is 0.497 e. The molecule has 0 saturated heterocycles. The Morgan fingerprint density at radius 1 is 1.56 bits per heavy atom. The molecule has 0 heterocycles. The highest BCUT2D eigenvalue weighted by Gasteiger charge is 2.11. The van der Waals surface area contributed by atoms with E-state index in [-0.39, 0.29) is 11.6 Å². The van der Waals surface area contributed by atoms with Crippen LogP contribution in [0.4, 0.5) is 5.69 Å². The fourth-order valence-corrected chi connectivity index (χ4v) is 1.35. The fourth-order valence-electron chi connectivity index (χ4n) is 1.35. The van der Waals surface area contributed by atoms with Gasteiger partial charge in [0.25, 0.3) is 5.69 Å². The van der Waals surface area contributed by atoms with E-state index in [0.717, 1.165) is 0 Å². The van der Waals surface area contributed by atoms with Crippen molar-refractivity contribution in [3.05, 3.63) is 40.0 Å². The van der Waals surface area contributed by atoms with Crippen molar-refractivity contribution in [1.29, 1.82) is 0 Å². The Morgan fingerprint density at radius 3 is 2.83 bits per heavy atom. The van der Waals surface area contributed by atoms with E-state index in [4.69, 9.17) is 4.74 Å². The molecule has 6 nitrogen and oxygen atoms in total. The van der Waals surface area contributed by atoms with Crippen molar-refractivity contribution >= 4 is 17.7 Å². The van der Waals surface area contributed by atoms with Gasteiger partial charge in [-0.05, 0) is 12.1 Å². The molecule has 0 spiro atoms. The summed E-state index contributed by atoms with van der Waals surface area (Å²) in [6.07, 6.45) is 3.22. The van der Waals surface area contributed by atoms with Crippen molar-refractivity contribution in [2.24, 2.45) is 0 Å². The minimum atomic E-state index is -0.461. The third-order valence-corrected chi connectivity index (χ3v) is 2.20. The maximum Gasteiger partial charge on any atom is 0.276 e. The standard InChI is InChI=1S/C12H14N2O4/c1-9(15)13-7-3-4-10-8-11(18-2)5-6-12(10)14(16)17/h3-6,8H,7H2,1-2H3,(H,13,15). The third-order valence-electron chi connectivity index (χ3n) is 2.20. The second-order valence-corrected chi connectivity index (χ2v) is 3.52. The van der Waals surface area contributed by atoms with Gasteiger partial charge in [-0.3, -0.25) is 14.9 Å². The number of ether oxygens (including phenoxy) is 1. The molecule has 18 heavy (non-hydrogen) atoms. The molecule has 1 aromatic carbocycles. The van der Waals surface area contributed by atoms with Crippen LogP contribution in [-0.4, -0.2) is 24.5 Å². The van der Waals surface area contributed by atoms with E-state index in [9.17, 15) is 14.9 Å². The van der Waals surface area contributed by atoms with E-state index in [0.29, 0.717) is 17.9 Å². The van der Waals surface area contributed by atoms with E-state index in [1.807, 2.05) is 0 Å². The fraction of sp³-hybridized carbons (Fsp3) is 0.250. The van der Waals surface area contributed by atoms with Crippen LogP contribution in [-0.2, 0) is 4.79 Å². The normalized spacial score (nSPS) is 10.3. The van der Waals surface area contributed by atoms with Gasteiger partial charge in [-0.15, -0.1) is 0 Å². The molecular weight excluding hydrogens is 236 g/mol. The first kappa shape index (κ1) is 13.7. The summed E-state index contributed by atoms with van der Waals surface area (Å²) in [7, 11) is 1.49. The summed E-state index contributed by atoms with van der Waals surface area (Å²) in [6, 6.07) is 4.49. The molecule has 1 amide bonds. The maximum absolute atomic E-state index is 10.8. The number of hydrogen-bond acceptors (Lipinski definition) is 4. The van der Waals surface area contributed by atoms with Gasteiger partial charge in [-0.2, -0.15) is 0 Å². The first-order valence-corrected chi connectivity index (χ1v) is 5.28. The van der Waals surface area contributed by atoms with Gasteiger partial charge in [-0.1, -0.05) is 12.2 Å². The van der Waals surface area contributed by atoms with Crippen molar-refractivity contribution in [1.82, 2.24) is 5.32 Å². The topological polar surface area (TPSA) is 81.5 Å². The summed E-state index contributed by atoms with van der Waals surface area (Å²) in [5.74, 6) is 0.388. The summed E-state index contributed by atoms with van der Waals surface area (Å²) in [5, 5.41) is 13.4. The zero-order valence-corrected chi connectivity index (χ0v) is 10.2. The molecule has 0 bridgehead atoms. The summed E-state index contributed by atoms with van der Waals surface area (Å²) < 4.78 is 5.01. The highest BCUT2D eigenvalue weighted by molar-refractivity contribution is 5.73. The predicted octanol–water partition coefficient (Wildman–Crippen LogP) is 1.75. The van der Waals surface area contributed by atoms with Crippen LogP contribution in [0.2, 0.25) is 0 Å². The Bertz CT molecular complexity index is 483. The summed E-state index contributed by atoms with van der Waals surface area (Å²) >= 11 is 0. The van der Waals surface area contributed by atoms with Crippen LogP contribution >= 0.6 is 0 Å². The number of nitrogens with zero attached hydrogens (tertiary/aromatic N) is 1. The van der Waals surface area contributed by atoms with E-state index in [1.54, 1.807) is 18.2 Å². The SMILES string of the molecule is COc1ccc([N+](=O)[O-])c(C=CCNC(C)=O)c1. The van der Waals surface area contributed by atoms with Gasteiger partial charge in [0.1, 0.15) is 5.75 Å². The Morgan fingerprint density at radius 2 is 2.28 bits per heavy atom. The summed E-state index contributed by atoms with van der Waals surface area (Å²) in [5.41, 5.74) is 0.430. The van der Waals surface area contributed by atoms with Crippen LogP contribution in [0.3, 0.4) is 0 Å². The van der Waals surface area contributed by atoms with Gasteiger partial charge < -0.3 is 10.1 Å². The number of nitro groups is 1. The molecule has 1 N–H and O–H groups in total. The predicted molar refractivity (Wildman–Crippen MR) is 67.4 cm³/mol. The van der Waals surface area contributed by atoms with Crippen molar-refractivity contribution in [3.8, 4) is 5.75 Å².